The summed E-state index contributed by atoms with van der Waals surface area (Å²) in [4.78, 5) is 12.5. The van der Waals surface area contributed by atoms with Crippen LogP contribution in [0.5, 0.6) is 0 Å². The largest absolute Gasteiger partial charge is 0.436 e. The molecule has 2 aliphatic rings. The average Bonchev–Trinajstić information content (AvgIpc) is 3.27. The second kappa shape index (κ2) is 7.60. The normalized spacial score (nSPS) is 37.9. The van der Waals surface area contributed by atoms with Crippen LogP contribution in [0.15, 0.2) is 0 Å². The highest BCUT2D eigenvalue weighted by Gasteiger charge is 2.65. The monoisotopic (exact) mass is 351 g/mol. The Bertz CT molecular complexity index is 399. The lowest BCUT2D eigenvalue weighted by Crippen LogP contribution is -2.78. The molecule has 2 heterocycles. The van der Waals surface area contributed by atoms with Crippen molar-refractivity contribution in [3.8, 4) is 0 Å². The molecule has 2 aliphatic heterocycles. The lowest BCUT2D eigenvalue weighted by atomic mass is 10.2. The van der Waals surface area contributed by atoms with Crippen LogP contribution in [0.25, 0.3) is 0 Å². The summed E-state index contributed by atoms with van der Waals surface area (Å²) in [5.41, 5.74) is 6.46. The van der Waals surface area contributed by atoms with Crippen LogP contribution < -0.4 is 5.73 Å². The van der Waals surface area contributed by atoms with Crippen molar-refractivity contribution in [3.63, 3.8) is 0 Å². The number of nitrogens with two attached hydrogens (primary N) is 1. The highest BCUT2D eigenvalue weighted by molar-refractivity contribution is 7.98. The molecule has 7 nitrogen and oxygen atoms in total. The van der Waals surface area contributed by atoms with Crippen molar-refractivity contribution in [2.45, 2.75) is 37.8 Å². The third-order valence-corrected chi connectivity index (χ3v) is 8.23. The van der Waals surface area contributed by atoms with Gasteiger partial charge in [-0.25, -0.2) is 0 Å². The van der Waals surface area contributed by atoms with Crippen molar-refractivity contribution in [2.24, 2.45) is 5.73 Å². The predicted octanol–water partition coefficient (Wildman–Crippen LogP) is 0.329. The van der Waals surface area contributed by atoms with Gasteiger partial charge in [-0.15, -0.1) is 0 Å². The molecular weight excluding hydrogens is 326 g/mol. The molecule has 9 heteroatoms. The molecule has 0 aromatic rings. The number of hydrogen-bond acceptors (Lipinski definition) is 8. The Hall–Kier alpha value is -0.163. The summed E-state index contributed by atoms with van der Waals surface area (Å²) in [5, 5.41) is -1.26. The van der Waals surface area contributed by atoms with E-state index in [1.165, 1.54) is 0 Å². The maximum Gasteiger partial charge on any atom is 0.399 e. The molecule has 0 bridgehead atoms. The summed E-state index contributed by atoms with van der Waals surface area (Å²) in [6, 6.07) is 0. The standard InChI is InChI=1S/C13H25NO6SSi/c1-4-18-22(9-16-7-11-8-17-11)13(14,5-6-21-3)12(15)19-10(2)20-22/h10-11H,4-9,14H2,1-3H3. The fraction of sp³-hybridized carbons (Fsp3) is 0.923. The number of cyclic esters (lactones) is 1. The highest BCUT2D eigenvalue weighted by atomic mass is 32.2. The number of rotatable bonds is 9. The Labute approximate surface area is 136 Å². The molecule has 4 unspecified atom stereocenters. The van der Waals surface area contributed by atoms with Crippen LogP contribution in [0.4, 0.5) is 0 Å². The molecule has 4 atom stereocenters. The molecule has 0 spiro atoms. The molecule has 2 saturated heterocycles. The van der Waals surface area contributed by atoms with Crippen LogP contribution in [-0.4, -0.2) is 70.1 Å². The lowest BCUT2D eigenvalue weighted by molar-refractivity contribution is -0.182. The van der Waals surface area contributed by atoms with Crippen LogP contribution in [-0.2, 0) is 27.9 Å². The zero-order valence-corrected chi connectivity index (χ0v) is 15.1. The van der Waals surface area contributed by atoms with E-state index >= 15 is 0 Å². The smallest absolute Gasteiger partial charge is 0.399 e. The summed E-state index contributed by atoms with van der Waals surface area (Å²) in [7, 11) is -3.13. The van der Waals surface area contributed by atoms with Gasteiger partial charge < -0.3 is 28.8 Å². The van der Waals surface area contributed by atoms with Gasteiger partial charge in [-0.3, -0.25) is 4.79 Å². The first-order valence-corrected chi connectivity index (χ1v) is 10.9. The maximum atomic E-state index is 12.5. The zero-order chi connectivity index (χ0) is 16.2. The van der Waals surface area contributed by atoms with E-state index in [2.05, 4.69) is 0 Å². The number of hydrogen-bond donors (Lipinski definition) is 1. The van der Waals surface area contributed by atoms with E-state index in [1.807, 2.05) is 13.2 Å². The molecule has 0 aromatic heterocycles. The van der Waals surface area contributed by atoms with Gasteiger partial charge in [0.25, 0.3) is 0 Å². The van der Waals surface area contributed by atoms with E-state index in [1.54, 1.807) is 18.7 Å². The van der Waals surface area contributed by atoms with E-state index in [9.17, 15) is 4.79 Å². The summed E-state index contributed by atoms with van der Waals surface area (Å²) in [6.45, 7) is 5.13. The molecule has 128 valence electrons. The lowest BCUT2D eigenvalue weighted by Gasteiger charge is -2.47. The fourth-order valence-electron chi connectivity index (χ4n) is 2.45. The Morgan fingerprint density at radius 3 is 2.86 bits per heavy atom. The van der Waals surface area contributed by atoms with Gasteiger partial charge >= 0.3 is 14.5 Å². The number of ether oxygens (including phenoxy) is 3. The molecule has 2 rings (SSSR count). The third-order valence-electron chi connectivity index (χ3n) is 3.75. The number of epoxide rings is 1. The summed E-state index contributed by atoms with van der Waals surface area (Å²) >= 11 is 1.62. The SMILES string of the molecule is CCO[Si]1(COCC2CO2)OC(C)OC(=O)C1(N)CCSC. The molecule has 2 fully saturated rings. The summed E-state index contributed by atoms with van der Waals surface area (Å²) in [6.07, 6.45) is 2.07. The van der Waals surface area contributed by atoms with Crippen LogP contribution in [0.3, 0.4) is 0 Å². The first kappa shape index (κ1) is 18.2. The topological polar surface area (TPSA) is 92.5 Å². The van der Waals surface area contributed by atoms with Gasteiger partial charge in [-0.2, -0.15) is 11.8 Å². The minimum Gasteiger partial charge on any atom is -0.436 e. The second-order valence-electron chi connectivity index (χ2n) is 5.46. The molecule has 0 amide bonds. The first-order chi connectivity index (χ1) is 10.5. The van der Waals surface area contributed by atoms with Crippen molar-refractivity contribution in [3.05, 3.63) is 0 Å². The van der Waals surface area contributed by atoms with Crippen LogP contribution >= 0.6 is 11.8 Å². The van der Waals surface area contributed by atoms with Gasteiger partial charge in [0, 0.05) is 6.61 Å². The van der Waals surface area contributed by atoms with Crippen molar-refractivity contribution in [2.75, 3.05) is 38.1 Å². The van der Waals surface area contributed by atoms with Gasteiger partial charge in [-0.1, -0.05) is 0 Å². The average molecular weight is 351 g/mol. The number of carbonyl (C=O) groups excluding carboxylic acids is 1. The second-order valence-corrected chi connectivity index (χ2v) is 9.66. The van der Waals surface area contributed by atoms with Gasteiger partial charge in [0.1, 0.15) is 6.10 Å². The molecule has 0 aromatic carbocycles. The quantitative estimate of drug-likeness (QED) is 0.361. The van der Waals surface area contributed by atoms with E-state index in [4.69, 9.17) is 28.8 Å². The van der Waals surface area contributed by atoms with E-state index in [-0.39, 0.29) is 12.3 Å². The first-order valence-electron chi connectivity index (χ1n) is 7.47. The molecule has 22 heavy (non-hydrogen) atoms. The predicted molar refractivity (Wildman–Crippen MR) is 84.5 cm³/mol. The Morgan fingerprint density at radius 2 is 2.27 bits per heavy atom. The van der Waals surface area contributed by atoms with Crippen molar-refractivity contribution in [1.29, 1.82) is 0 Å². The molecule has 0 radical (unpaired) electrons. The van der Waals surface area contributed by atoms with Crippen molar-refractivity contribution < 1.29 is 27.9 Å². The number of esters is 1. The maximum absolute atomic E-state index is 12.5. The summed E-state index contributed by atoms with van der Waals surface area (Å²) in [5.74, 6) is 0.267. The molecule has 0 aliphatic carbocycles. The van der Waals surface area contributed by atoms with E-state index < -0.39 is 26.0 Å². The van der Waals surface area contributed by atoms with Gasteiger partial charge in [0.15, 0.2) is 11.5 Å². The van der Waals surface area contributed by atoms with Gasteiger partial charge in [-0.05, 0) is 32.3 Å². The van der Waals surface area contributed by atoms with E-state index in [0.29, 0.717) is 26.2 Å². The zero-order valence-electron chi connectivity index (χ0n) is 13.3. The highest BCUT2D eigenvalue weighted by Crippen LogP contribution is 2.33. The van der Waals surface area contributed by atoms with E-state index in [0.717, 1.165) is 5.75 Å². The van der Waals surface area contributed by atoms with Gasteiger partial charge in [0.05, 0.1) is 19.4 Å². The minimum absolute atomic E-state index is 0.138. The van der Waals surface area contributed by atoms with Gasteiger partial charge in [0.2, 0.25) is 0 Å². The Balaban J connectivity index is 2.18. The minimum atomic E-state index is -3.13. The molecular formula is C13H25NO6SSi. The Morgan fingerprint density at radius 1 is 1.55 bits per heavy atom. The van der Waals surface area contributed by atoms with Crippen LogP contribution in [0.1, 0.15) is 20.3 Å². The molecule has 0 saturated carbocycles. The fourth-order valence-corrected chi connectivity index (χ4v) is 6.42. The summed E-state index contributed by atoms with van der Waals surface area (Å²) < 4.78 is 28.0. The van der Waals surface area contributed by atoms with Crippen molar-refractivity contribution in [1.82, 2.24) is 0 Å². The molecule has 2 N–H and O–H groups in total. The van der Waals surface area contributed by atoms with Crippen molar-refractivity contribution >= 4 is 26.3 Å². The third kappa shape index (κ3) is 3.84. The van der Waals surface area contributed by atoms with Crippen LogP contribution in [0, 0.1) is 0 Å². The van der Waals surface area contributed by atoms with Crippen LogP contribution in [0.2, 0.25) is 0 Å². The number of carbonyl (C=O) groups is 1. The number of thioether (sulfide) groups is 1. The Kier molecular flexibility index (Phi) is 6.28.